The van der Waals surface area contributed by atoms with Crippen molar-refractivity contribution in [1.82, 2.24) is 10.2 Å². The van der Waals surface area contributed by atoms with Crippen molar-refractivity contribution in [3.05, 3.63) is 47.5 Å². The van der Waals surface area contributed by atoms with Crippen LogP contribution < -0.4 is 0 Å². The molecule has 0 fully saturated rings. The summed E-state index contributed by atoms with van der Waals surface area (Å²) in [4.78, 5) is 21.9. The topological polar surface area (TPSA) is 59.9 Å². The van der Waals surface area contributed by atoms with Gasteiger partial charge in [-0.1, -0.05) is 24.3 Å². The third-order valence-electron chi connectivity index (χ3n) is 2.93. The highest BCUT2D eigenvalue weighted by molar-refractivity contribution is 6.11. The summed E-state index contributed by atoms with van der Waals surface area (Å²) >= 11 is 0. The van der Waals surface area contributed by atoms with E-state index < -0.39 is 0 Å². The molecule has 0 atom stereocenters. The Hall–Kier alpha value is -2.62. The second-order valence-corrected chi connectivity index (χ2v) is 3.92. The van der Waals surface area contributed by atoms with Crippen LogP contribution in [0.25, 0.3) is 21.8 Å². The molecule has 0 radical (unpaired) electrons. The quantitative estimate of drug-likeness (QED) is 0.506. The average molecular weight is 236 g/mol. The number of carbonyl (C=O) groups is 2. The standard InChI is InChI=1S/C14H8N2O2/c17-7-9-3-1-5-11-12-6-2-4-10(8-18)14(12)16-15-13(9)11/h1-8H. The van der Waals surface area contributed by atoms with Crippen LogP contribution in [-0.4, -0.2) is 22.8 Å². The lowest BCUT2D eigenvalue weighted by Gasteiger charge is -2.04. The molecule has 0 saturated carbocycles. The lowest BCUT2D eigenvalue weighted by Crippen LogP contribution is -1.94. The van der Waals surface area contributed by atoms with E-state index in [1.165, 1.54) is 0 Å². The molecule has 86 valence electrons. The summed E-state index contributed by atoms with van der Waals surface area (Å²) in [5.74, 6) is 0. The number of hydrogen-bond acceptors (Lipinski definition) is 4. The van der Waals surface area contributed by atoms with Crippen molar-refractivity contribution in [2.24, 2.45) is 0 Å². The Morgan fingerprint density at radius 3 is 1.56 bits per heavy atom. The highest BCUT2D eigenvalue weighted by Gasteiger charge is 2.09. The Balaban J connectivity index is 2.55. The largest absolute Gasteiger partial charge is 0.298 e. The number of aromatic nitrogens is 2. The minimum absolute atomic E-state index is 0.499. The van der Waals surface area contributed by atoms with E-state index in [1.54, 1.807) is 24.3 Å². The zero-order valence-corrected chi connectivity index (χ0v) is 9.33. The van der Waals surface area contributed by atoms with E-state index in [0.29, 0.717) is 22.2 Å². The van der Waals surface area contributed by atoms with Gasteiger partial charge in [0.05, 0.1) is 0 Å². The normalized spacial score (nSPS) is 10.7. The molecule has 2 aromatic carbocycles. The lowest BCUT2D eigenvalue weighted by atomic mass is 10.0. The maximum atomic E-state index is 11.0. The molecule has 18 heavy (non-hydrogen) atoms. The first-order valence-electron chi connectivity index (χ1n) is 5.43. The number of benzene rings is 2. The van der Waals surface area contributed by atoms with Gasteiger partial charge in [-0.05, 0) is 12.1 Å². The number of hydrogen-bond donors (Lipinski definition) is 0. The van der Waals surface area contributed by atoms with Crippen molar-refractivity contribution in [2.45, 2.75) is 0 Å². The first-order chi connectivity index (χ1) is 8.85. The molecule has 0 saturated heterocycles. The van der Waals surface area contributed by atoms with E-state index in [4.69, 9.17) is 0 Å². The van der Waals surface area contributed by atoms with Gasteiger partial charge in [-0.3, -0.25) is 9.59 Å². The van der Waals surface area contributed by atoms with Crippen LogP contribution in [-0.2, 0) is 0 Å². The number of carbonyl (C=O) groups excluding carboxylic acids is 2. The Bertz CT molecular complexity index is 714. The highest BCUT2D eigenvalue weighted by Crippen LogP contribution is 2.24. The summed E-state index contributed by atoms with van der Waals surface area (Å²) in [7, 11) is 0. The number of rotatable bonds is 2. The summed E-state index contributed by atoms with van der Waals surface area (Å²) < 4.78 is 0. The molecular weight excluding hydrogens is 228 g/mol. The average Bonchev–Trinajstić information content (AvgIpc) is 2.45. The molecule has 3 aromatic rings. The zero-order chi connectivity index (χ0) is 12.5. The summed E-state index contributed by atoms with van der Waals surface area (Å²) in [5.41, 5.74) is 2.11. The maximum absolute atomic E-state index is 11.0. The Morgan fingerprint density at radius 2 is 1.17 bits per heavy atom. The minimum atomic E-state index is 0.499. The molecule has 0 spiro atoms. The molecule has 0 N–H and O–H groups in total. The van der Waals surface area contributed by atoms with Crippen molar-refractivity contribution >= 4 is 34.4 Å². The second kappa shape index (κ2) is 4.00. The molecule has 0 aliphatic heterocycles. The predicted octanol–water partition coefficient (Wildman–Crippen LogP) is 2.41. The Kier molecular flexibility index (Phi) is 2.34. The van der Waals surface area contributed by atoms with Crippen LogP contribution >= 0.6 is 0 Å². The zero-order valence-electron chi connectivity index (χ0n) is 9.33. The van der Waals surface area contributed by atoms with Gasteiger partial charge in [-0.15, -0.1) is 10.2 Å². The fourth-order valence-corrected chi connectivity index (χ4v) is 2.07. The van der Waals surface area contributed by atoms with Crippen LogP contribution in [0.1, 0.15) is 20.7 Å². The summed E-state index contributed by atoms with van der Waals surface area (Å²) in [6, 6.07) is 10.7. The van der Waals surface area contributed by atoms with Crippen molar-refractivity contribution in [3.8, 4) is 0 Å². The van der Waals surface area contributed by atoms with Gasteiger partial charge in [0, 0.05) is 21.9 Å². The molecule has 3 rings (SSSR count). The van der Waals surface area contributed by atoms with Gasteiger partial charge in [-0.25, -0.2) is 0 Å². The third kappa shape index (κ3) is 1.39. The van der Waals surface area contributed by atoms with Crippen molar-refractivity contribution < 1.29 is 9.59 Å². The molecule has 0 bridgehead atoms. The molecule has 0 amide bonds. The second-order valence-electron chi connectivity index (χ2n) is 3.92. The first-order valence-corrected chi connectivity index (χ1v) is 5.43. The van der Waals surface area contributed by atoms with Gasteiger partial charge in [0.1, 0.15) is 11.0 Å². The predicted molar refractivity (Wildman–Crippen MR) is 67.8 cm³/mol. The monoisotopic (exact) mass is 236 g/mol. The van der Waals surface area contributed by atoms with Crippen LogP contribution in [0.5, 0.6) is 0 Å². The van der Waals surface area contributed by atoms with Gasteiger partial charge < -0.3 is 0 Å². The van der Waals surface area contributed by atoms with Gasteiger partial charge in [0.2, 0.25) is 0 Å². The van der Waals surface area contributed by atoms with Gasteiger partial charge >= 0.3 is 0 Å². The van der Waals surface area contributed by atoms with Crippen molar-refractivity contribution in [2.75, 3.05) is 0 Å². The van der Waals surface area contributed by atoms with E-state index >= 15 is 0 Å². The third-order valence-corrected chi connectivity index (χ3v) is 2.93. The van der Waals surface area contributed by atoms with Crippen molar-refractivity contribution in [1.29, 1.82) is 0 Å². The van der Waals surface area contributed by atoms with E-state index in [0.717, 1.165) is 23.3 Å². The lowest BCUT2D eigenvalue weighted by molar-refractivity contribution is 0.111. The first kappa shape index (κ1) is 10.5. The SMILES string of the molecule is O=Cc1cccc2c1nnc1c(C=O)cccc12. The maximum Gasteiger partial charge on any atom is 0.152 e. The summed E-state index contributed by atoms with van der Waals surface area (Å²) in [6.45, 7) is 0. The van der Waals surface area contributed by atoms with Gasteiger partial charge in [0.25, 0.3) is 0 Å². The van der Waals surface area contributed by atoms with Crippen LogP contribution in [0.4, 0.5) is 0 Å². The highest BCUT2D eigenvalue weighted by atomic mass is 16.1. The summed E-state index contributed by atoms with van der Waals surface area (Å²) in [6.07, 6.45) is 1.51. The fourth-order valence-electron chi connectivity index (χ4n) is 2.07. The minimum Gasteiger partial charge on any atom is -0.298 e. The van der Waals surface area contributed by atoms with Gasteiger partial charge in [-0.2, -0.15) is 0 Å². The number of nitrogens with zero attached hydrogens (tertiary/aromatic N) is 2. The van der Waals surface area contributed by atoms with Crippen LogP contribution in [0.3, 0.4) is 0 Å². The van der Waals surface area contributed by atoms with Crippen molar-refractivity contribution in [3.63, 3.8) is 0 Å². The van der Waals surface area contributed by atoms with Crippen LogP contribution in [0.2, 0.25) is 0 Å². The summed E-state index contributed by atoms with van der Waals surface area (Å²) in [5, 5.41) is 9.75. The molecule has 0 unspecified atom stereocenters. The van der Waals surface area contributed by atoms with Crippen LogP contribution in [0.15, 0.2) is 36.4 Å². The van der Waals surface area contributed by atoms with E-state index in [-0.39, 0.29) is 0 Å². The molecule has 1 aromatic heterocycles. The molecule has 0 aliphatic carbocycles. The smallest absolute Gasteiger partial charge is 0.152 e. The molecule has 4 nitrogen and oxygen atoms in total. The fraction of sp³-hybridized carbons (Fsp3) is 0. The van der Waals surface area contributed by atoms with Crippen LogP contribution in [0, 0.1) is 0 Å². The Morgan fingerprint density at radius 1 is 0.722 bits per heavy atom. The molecular formula is C14H8N2O2. The molecule has 0 aliphatic rings. The van der Waals surface area contributed by atoms with E-state index in [9.17, 15) is 9.59 Å². The number of aldehydes is 2. The van der Waals surface area contributed by atoms with E-state index in [1.807, 2.05) is 12.1 Å². The van der Waals surface area contributed by atoms with Gasteiger partial charge in [0.15, 0.2) is 12.6 Å². The Labute approximate surface area is 102 Å². The molecule has 1 heterocycles. The molecule has 4 heteroatoms. The number of fused-ring (bicyclic) bond motifs is 3. The van der Waals surface area contributed by atoms with E-state index in [2.05, 4.69) is 10.2 Å².